The molecule has 1 saturated heterocycles. The first-order valence-electron chi connectivity index (χ1n) is 10.3. The Morgan fingerprint density at radius 1 is 1.21 bits per heavy atom. The van der Waals surface area contributed by atoms with Gasteiger partial charge in [-0.2, -0.15) is 0 Å². The van der Waals surface area contributed by atoms with Crippen molar-refractivity contribution in [2.24, 2.45) is 0 Å². The van der Waals surface area contributed by atoms with E-state index in [4.69, 9.17) is 4.74 Å². The van der Waals surface area contributed by atoms with E-state index in [1.165, 1.54) is 12.5 Å². The maximum absolute atomic E-state index is 14.3. The van der Waals surface area contributed by atoms with E-state index in [1.54, 1.807) is 12.1 Å². The van der Waals surface area contributed by atoms with Gasteiger partial charge < -0.3 is 14.6 Å². The van der Waals surface area contributed by atoms with E-state index in [0.717, 1.165) is 68.9 Å². The Kier molecular flexibility index (Phi) is 6.00. The summed E-state index contributed by atoms with van der Waals surface area (Å²) in [5, 5.41) is 11.3. The molecule has 1 fully saturated rings. The smallest absolute Gasteiger partial charge is 0.224 e. The summed E-state index contributed by atoms with van der Waals surface area (Å²) in [7, 11) is 0. The molecule has 1 atom stereocenters. The molecular weight excluding hydrogens is 359 g/mol. The Bertz CT molecular complexity index is 830. The van der Waals surface area contributed by atoms with Crippen LogP contribution >= 0.6 is 0 Å². The molecule has 0 spiro atoms. The van der Waals surface area contributed by atoms with Gasteiger partial charge in [0.2, 0.25) is 5.91 Å². The molecule has 2 aliphatic heterocycles. The van der Waals surface area contributed by atoms with Crippen LogP contribution in [0.5, 0.6) is 0 Å². The molecule has 1 unspecified atom stereocenters. The summed E-state index contributed by atoms with van der Waals surface area (Å²) < 4.78 is 22.1. The molecule has 2 aliphatic rings. The molecule has 150 valence electrons. The molecule has 1 aromatic heterocycles. The number of carbonyl (C=O) groups excluding carboxylic acids is 1. The average Bonchev–Trinajstić information content (AvgIpc) is 2.97. The van der Waals surface area contributed by atoms with E-state index in [0.29, 0.717) is 12.8 Å². The molecule has 3 heterocycles. The van der Waals surface area contributed by atoms with Crippen LogP contribution in [0.4, 0.5) is 10.1 Å². The first kappa shape index (κ1) is 19.1. The number of anilines is 1. The molecule has 2 aromatic rings. The summed E-state index contributed by atoms with van der Waals surface area (Å²) in [4.78, 5) is 12.3. The molecule has 0 radical (unpaired) electrons. The van der Waals surface area contributed by atoms with Crippen LogP contribution < -0.4 is 5.32 Å². The van der Waals surface area contributed by atoms with Gasteiger partial charge in [-0.1, -0.05) is 6.42 Å². The molecule has 1 amide bonds. The Hall–Kier alpha value is -2.28. The van der Waals surface area contributed by atoms with Crippen LogP contribution in [0.3, 0.4) is 0 Å². The van der Waals surface area contributed by atoms with Gasteiger partial charge in [0.25, 0.3) is 0 Å². The molecule has 0 bridgehead atoms. The fourth-order valence-corrected chi connectivity index (χ4v) is 4.00. The van der Waals surface area contributed by atoms with Crippen molar-refractivity contribution in [1.82, 2.24) is 14.8 Å². The largest absolute Gasteiger partial charge is 0.378 e. The van der Waals surface area contributed by atoms with Gasteiger partial charge in [-0.05, 0) is 56.7 Å². The number of fused-ring (bicyclic) bond motifs is 1. The van der Waals surface area contributed by atoms with E-state index in [-0.39, 0.29) is 17.7 Å². The summed E-state index contributed by atoms with van der Waals surface area (Å²) in [6.45, 7) is 1.64. The molecule has 6 nitrogen and oxygen atoms in total. The van der Waals surface area contributed by atoms with Crippen LogP contribution in [-0.2, 0) is 22.5 Å². The predicted molar refractivity (Wildman–Crippen MR) is 104 cm³/mol. The monoisotopic (exact) mass is 386 g/mol. The minimum absolute atomic E-state index is 0.141. The number of aryl methyl sites for hydroxylation is 1. The maximum atomic E-state index is 14.3. The number of ether oxygens (including phenoxy) is 1. The topological polar surface area (TPSA) is 69.0 Å². The van der Waals surface area contributed by atoms with Crippen LogP contribution in [0.25, 0.3) is 11.4 Å². The summed E-state index contributed by atoms with van der Waals surface area (Å²) >= 11 is 0. The SMILES string of the molecule is O=C(CCC1CCCCO1)Nc1cc(-c2nnc3n2CCCCC3)ccc1F. The fraction of sp³-hybridized carbons (Fsp3) is 0.571. The maximum Gasteiger partial charge on any atom is 0.224 e. The second-order valence-corrected chi connectivity index (χ2v) is 7.67. The van der Waals surface area contributed by atoms with E-state index in [9.17, 15) is 9.18 Å². The van der Waals surface area contributed by atoms with Gasteiger partial charge >= 0.3 is 0 Å². The number of aromatic nitrogens is 3. The number of halogens is 1. The van der Waals surface area contributed by atoms with Crippen LogP contribution in [0.1, 0.15) is 57.2 Å². The Labute approximate surface area is 164 Å². The number of rotatable bonds is 5. The van der Waals surface area contributed by atoms with Crippen LogP contribution in [0.15, 0.2) is 18.2 Å². The van der Waals surface area contributed by atoms with Crippen molar-refractivity contribution in [3.63, 3.8) is 0 Å². The Balaban J connectivity index is 1.45. The third-order valence-corrected chi connectivity index (χ3v) is 5.58. The van der Waals surface area contributed by atoms with Crippen molar-refractivity contribution in [1.29, 1.82) is 0 Å². The molecule has 1 N–H and O–H groups in total. The number of nitrogens with zero attached hydrogens (tertiary/aromatic N) is 3. The molecule has 0 aliphatic carbocycles. The molecule has 4 rings (SSSR count). The zero-order valence-electron chi connectivity index (χ0n) is 16.1. The van der Waals surface area contributed by atoms with Crippen molar-refractivity contribution < 1.29 is 13.9 Å². The van der Waals surface area contributed by atoms with Crippen molar-refractivity contribution in [3.05, 3.63) is 29.8 Å². The molecule has 1 aromatic carbocycles. The highest BCUT2D eigenvalue weighted by molar-refractivity contribution is 5.91. The predicted octanol–water partition coefficient (Wildman–Crippen LogP) is 4.10. The van der Waals surface area contributed by atoms with Crippen molar-refractivity contribution in [3.8, 4) is 11.4 Å². The lowest BCUT2D eigenvalue weighted by atomic mass is 10.0. The second kappa shape index (κ2) is 8.82. The summed E-state index contributed by atoms with van der Waals surface area (Å²) in [6.07, 6.45) is 8.67. The van der Waals surface area contributed by atoms with Crippen molar-refractivity contribution in [2.75, 3.05) is 11.9 Å². The van der Waals surface area contributed by atoms with Crippen LogP contribution in [-0.4, -0.2) is 33.4 Å². The highest BCUT2D eigenvalue weighted by Crippen LogP contribution is 2.27. The highest BCUT2D eigenvalue weighted by atomic mass is 19.1. The van der Waals surface area contributed by atoms with Gasteiger partial charge in [-0.25, -0.2) is 4.39 Å². The number of carbonyl (C=O) groups is 1. The van der Waals surface area contributed by atoms with E-state index in [1.807, 2.05) is 0 Å². The number of hydrogen-bond donors (Lipinski definition) is 1. The van der Waals surface area contributed by atoms with E-state index < -0.39 is 5.82 Å². The van der Waals surface area contributed by atoms with Crippen molar-refractivity contribution >= 4 is 11.6 Å². The summed E-state index contributed by atoms with van der Waals surface area (Å²) in [6, 6.07) is 4.74. The highest BCUT2D eigenvalue weighted by Gasteiger charge is 2.19. The van der Waals surface area contributed by atoms with E-state index in [2.05, 4.69) is 20.1 Å². The van der Waals surface area contributed by atoms with Gasteiger partial charge in [0.05, 0.1) is 11.8 Å². The van der Waals surface area contributed by atoms with Gasteiger partial charge in [-0.15, -0.1) is 10.2 Å². The quantitative estimate of drug-likeness (QED) is 0.840. The lowest BCUT2D eigenvalue weighted by Crippen LogP contribution is -2.22. The standard InChI is InChI=1S/C21H27FN4O2/c22-17-10-8-15(21-25-24-19-7-2-1-4-12-26(19)21)14-18(17)23-20(27)11-9-16-6-3-5-13-28-16/h8,10,14,16H,1-7,9,11-13H2,(H,23,27). The summed E-state index contributed by atoms with van der Waals surface area (Å²) in [5.74, 6) is 1.09. The lowest BCUT2D eigenvalue weighted by molar-refractivity contribution is -0.117. The van der Waals surface area contributed by atoms with Crippen molar-refractivity contribution in [2.45, 2.75) is 70.4 Å². The Morgan fingerprint density at radius 2 is 2.14 bits per heavy atom. The zero-order chi connectivity index (χ0) is 19.3. The van der Waals surface area contributed by atoms with Gasteiger partial charge in [0, 0.05) is 31.6 Å². The zero-order valence-corrected chi connectivity index (χ0v) is 16.1. The lowest BCUT2D eigenvalue weighted by Gasteiger charge is -2.22. The first-order valence-corrected chi connectivity index (χ1v) is 10.3. The normalized spacial score (nSPS) is 19.7. The number of benzene rings is 1. The molecule has 7 heteroatoms. The Morgan fingerprint density at radius 3 is 3.00 bits per heavy atom. The third-order valence-electron chi connectivity index (χ3n) is 5.58. The van der Waals surface area contributed by atoms with Crippen LogP contribution in [0.2, 0.25) is 0 Å². The second-order valence-electron chi connectivity index (χ2n) is 7.67. The summed E-state index contributed by atoms with van der Waals surface area (Å²) in [5.41, 5.74) is 0.964. The molecular formula is C21H27FN4O2. The van der Waals surface area contributed by atoms with Crippen LogP contribution in [0, 0.1) is 5.82 Å². The number of nitrogens with one attached hydrogen (secondary N) is 1. The van der Waals surface area contributed by atoms with Gasteiger partial charge in [0.15, 0.2) is 5.82 Å². The minimum Gasteiger partial charge on any atom is -0.378 e. The first-order chi connectivity index (χ1) is 13.7. The van der Waals surface area contributed by atoms with E-state index >= 15 is 0 Å². The average molecular weight is 386 g/mol. The van der Waals surface area contributed by atoms with Gasteiger partial charge in [-0.3, -0.25) is 4.79 Å². The molecule has 0 saturated carbocycles. The number of amides is 1. The molecule has 28 heavy (non-hydrogen) atoms. The minimum atomic E-state index is -0.443. The third kappa shape index (κ3) is 4.41. The number of hydrogen-bond acceptors (Lipinski definition) is 4. The van der Waals surface area contributed by atoms with Gasteiger partial charge in [0.1, 0.15) is 11.6 Å². The fourth-order valence-electron chi connectivity index (χ4n) is 4.00.